The highest BCUT2D eigenvalue weighted by molar-refractivity contribution is 7.14. The standard InChI is InChI=1S/C20H26N2O3S/c1-14-11-19(26-15(14)2)20(23)22-9-7-21(8-10-22)13-16-12-17(24-3)5-6-18(16)25-4/h5-6,11-12H,7-10,13H2,1-4H3. The Bertz CT molecular complexity index is 760. The van der Waals surface area contributed by atoms with Gasteiger partial charge in [-0.3, -0.25) is 9.69 Å². The van der Waals surface area contributed by atoms with Crippen LogP contribution in [0.5, 0.6) is 11.5 Å². The van der Waals surface area contributed by atoms with E-state index >= 15 is 0 Å². The molecule has 1 aromatic heterocycles. The zero-order chi connectivity index (χ0) is 18.7. The number of benzene rings is 1. The van der Waals surface area contributed by atoms with Crippen molar-refractivity contribution in [2.24, 2.45) is 0 Å². The quantitative estimate of drug-likeness (QED) is 0.805. The highest BCUT2D eigenvalue weighted by atomic mass is 32.1. The molecule has 0 spiro atoms. The van der Waals surface area contributed by atoms with Gasteiger partial charge in [-0.15, -0.1) is 11.3 Å². The van der Waals surface area contributed by atoms with E-state index < -0.39 is 0 Å². The molecule has 0 aliphatic carbocycles. The summed E-state index contributed by atoms with van der Waals surface area (Å²) in [6.07, 6.45) is 0. The summed E-state index contributed by atoms with van der Waals surface area (Å²) in [5.41, 5.74) is 2.30. The zero-order valence-corrected chi connectivity index (χ0v) is 16.7. The SMILES string of the molecule is COc1ccc(OC)c(CN2CCN(C(=O)c3cc(C)c(C)s3)CC2)c1. The normalized spacial score (nSPS) is 15.2. The van der Waals surface area contributed by atoms with E-state index in [4.69, 9.17) is 9.47 Å². The molecule has 140 valence electrons. The van der Waals surface area contributed by atoms with Gasteiger partial charge in [0.25, 0.3) is 5.91 Å². The third kappa shape index (κ3) is 4.02. The van der Waals surface area contributed by atoms with Crippen LogP contribution in [0.2, 0.25) is 0 Å². The van der Waals surface area contributed by atoms with E-state index in [9.17, 15) is 4.79 Å². The van der Waals surface area contributed by atoms with Gasteiger partial charge in [-0.25, -0.2) is 0 Å². The molecule has 0 bridgehead atoms. The minimum Gasteiger partial charge on any atom is -0.497 e. The third-order valence-corrected chi connectivity index (χ3v) is 6.06. The maximum Gasteiger partial charge on any atom is 0.264 e. The molecule has 1 aliphatic heterocycles. The fourth-order valence-electron chi connectivity index (χ4n) is 3.19. The number of methoxy groups -OCH3 is 2. The molecule has 1 amide bonds. The Kier molecular flexibility index (Phi) is 5.84. The second-order valence-electron chi connectivity index (χ2n) is 6.60. The predicted molar refractivity (Wildman–Crippen MR) is 105 cm³/mol. The van der Waals surface area contributed by atoms with Crippen LogP contribution in [0, 0.1) is 13.8 Å². The van der Waals surface area contributed by atoms with Gasteiger partial charge in [0.2, 0.25) is 0 Å². The van der Waals surface area contributed by atoms with Crippen molar-refractivity contribution in [3.8, 4) is 11.5 Å². The van der Waals surface area contributed by atoms with Crippen LogP contribution in [0.25, 0.3) is 0 Å². The van der Waals surface area contributed by atoms with Crippen molar-refractivity contribution in [1.29, 1.82) is 0 Å². The number of ether oxygens (including phenoxy) is 2. The molecule has 5 nitrogen and oxygen atoms in total. The Labute approximate surface area is 159 Å². The molecule has 3 rings (SSSR count). The van der Waals surface area contributed by atoms with Gasteiger partial charge in [0.05, 0.1) is 19.1 Å². The summed E-state index contributed by atoms with van der Waals surface area (Å²) in [5.74, 6) is 1.86. The summed E-state index contributed by atoms with van der Waals surface area (Å²) in [5, 5.41) is 0. The van der Waals surface area contributed by atoms with Gasteiger partial charge < -0.3 is 14.4 Å². The van der Waals surface area contributed by atoms with Crippen LogP contribution < -0.4 is 9.47 Å². The van der Waals surface area contributed by atoms with E-state index in [0.717, 1.165) is 54.7 Å². The lowest BCUT2D eigenvalue weighted by Gasteiger charge is -2.34. The van der Waals surface area contributed by atoms with E-state index in [-0.39, 0.29) is 5.91 Å². The molecule has 0 atom stereocenters. The van der Waals surface area contributed by atoms with Crippen LogP contribution in [0.15, 0.2) is 24.3 Å². The molecule has 0 saturated carbocycles. The second-order valence-corrected chi connectivity index (χ2v) is 7.85. The summed E-state index contributed by atoms with van der Waals surface area (Å²) in [7, 11) is 3.36. The Morgan fingerprint density at radius 3 is 2.38 bits per heavy atom. The van der Waals surface area contributed by atoms with Crippen molar-refractivity contribution >= 4 is 17.2 Å². The molecule has 0 radical (unpaired) electrons. The van der Waals surface area contributed by atoms with E-state index in [2.05, 4.69) is 18.7 Å². The van der Waals surface area contributed by atoms with Crippen molar-refractivity contribution in [2.75, 3.05) is 40.4 Å². The first-order valence-corrected chi connectivity index (χ1v) is 9.63. The van der Waals surface area contributed by atoms with Gasteiger partial charge in [0.1, 0.15) is 11.5 Å². The number of hydrogen-bond acceptors (Lipinski definition) is 5. The van der Waals surface area contributed by atoms with Crippen LogP contribution in [0.3, 0.4) is 0 Å². The largest absolute Gasteiger partial charge is 0.497 e. The van der Waals surface area contributed by atoms with Crippen LogP contribution in [-0.2, 0) is 6.54 Å². The molecule has 1 fully saturated rings. The number of carbonyl (C=O) groups is 1. The van der Waals surface area contributed by atoms with Crippen molar-refractivity contribution in [3.05, 3.63) is 45.1 Å². The first-order chi connectivity index (χ1) is 12.5. The molecule has 1 aliphatic rings. The van der Waals surface area contributed by atoms with Gasteiger partial charge in [-0.1, -0.05) is 0 Å². The van der Waals surface area contributed by atoms with Gasteiger partial charge in [-0.2, -0.15) is 0 Å². The molecule has 0 N–H and O–H groups in total. The highest BCUT2D eigenvalue weighted by Crippen LogP contribution is 2.26. The summed E-state index contributed by atoms with van der Waals surface area (Å²) >= 11 is 1.59. The van der Waals surface area contributed by atoms with Gasteiger partial charge in [-0.05, 0) is 43.7 Å². The Hall–Kier alpha value is -2.05. The summed E-state index contributed by atoms with van der Waals surface area (Å²) in [4.78, 5) is 19.1. The number of thiophene rings is 1. The van der Waals surface area contributed by atoms with Crippen LogP contribution in [-0.4, -0.2) is 56.1 Å². The van der Waals surface area contributed by atoms with E-state index in [0.29, 0.717) is 0 Å². The van der Waals surface area contributed by atoms with Gasteiger partial charge >= 0.3 is 0 Å². The fraction of sp³-hybridized carbons (Fsp3) is 0.450. The smallest absolute Gasteiger partial charge is 0.264 e. The van der Waals surface area contributed by atoms with Crippen LogP contribution in [0.1, 0.15) is 25.7 Å². The number of aryl methyl sites for hydroxylation is 2. The van der Waals surface area contributed by atoms with Crippen LogP contribution >= 0.6 is 11.3 Å². The number of carbonyl (C=O) groups excluding carboxylic acids is 1. The predicted octanol–water partition coefficient (Wildman–Crippen LogP) is 3.34. The molecule has 2 aromatic rings. The summed E-state index contributed by atoms with van der Waals surface area (Å²) in [6.45, 7) is 8.13. The summed E-state index contributed by atoms with van der Waals surface area (Å²) in [6, 6.07) is 7.88. The fourth-order valence-corrected chi connectivity index (χ4v) is 4.19. The average Bonchev–Trinajstić information content (AvgIpc) is 3.00. The topological polar surface area (TPSA) is 42.0 Å². The molecule has 2 heterocycles. The number of amides is 1. The first-order valence-electron chi connectivity index (χ1n) is 8.81. The molecule has 6 heteroatoms. The maximum atomic E-state index is 12.7. The molecule has 1 saturated heterocycles. The monoisotopic (exact) mass is 374 g/mol. The Balaban J connectivity index is 1.61. The minimum absolute atomic E-state index is 0.157. The lowest BCUT2D eigenvalue weighted by Crippen LogP contribution is -2.48. The lowest BCUT2D eigenvalue weighted by atomic mass is 10.1. The molecule has 0 unspecified atom stereocenters. The third-order valence-electron chi connectivity index (χ3n) is 4.92. The Morgan fingerprint density at radius 2 is 1.81 bits per heavy atom. The number of hydrogen-bond donors (Lipinski definition) is 0. The number of piperazine rings is 1. The minimum atomic E-state index is 0.157. The van der Waals surface area contributed by atoms with E-state index in [1.165, 1.54) is 10.4 Å². The lowest BCUT2D eigenvalue weighted by molar-refractivity contribution is 0.0632. The van der Waals surface area contributed by atoms with Gasteiger partial charge in [0, 0.05) is 43.2 Å². The van der Waals surface area contributed by atoms with Crippen molar-refractivity contribution in [2.45, 2.75) is 20.4 Å². The van der Waals surface area contributed by atoms with Crippen LogP contribution in [0.4, 0.5) is 0 Å². The van der Waals surface area contributed by atoms with Crippen molar-refractivity contribution in [3.63, 3.8) is 0 Å². The molecule has 26 heavy (non-hydrogen) atoms. The van der Waals surface area contributed by atoms with E-state index in [1.807, 2.05) is 29.2 Å². The Morgan fingerprint density at radius 1 is 1.08 bits per heavy atom. The second kappa shape index (κ2) is 8.10. The maximum absolute atomic E-state index is 12.7. The first kappa shape index (κ1) is 18.7. The zero-order valence-electron chi connectivity index (χ0n) is 15.9. The molecular weight excluding hydrogens is 348 g/mol. The number of nitrogens with zero attached hydrogens (tertiary/aromatic N) is 2. The summed E-state index contributed by atoms with van der Waals surface area (Å²) < 4.78 is 10.8. The molecule has 1 aromatic carbocycles. The van der Waals surface area contributed by atoms with Crippen molar-refractivity contribution in [1.82, 2.24) is 9.80 Å². The molecular formula is C20H26N2O3S. The average molecular weight is 375 g/mol. The highest BCUT2D eigenvalue weighted by Gasteiger charge is 2.24. The van der Waals surface area contributed by atoms with Gasteiger partial charge in [0.15, 0.2) is 0 Å². The number of rotatable bonds is 5. The van der Waals surface area contributed by atoms with E-state index in [1.54, 1.807) is 25.6 Å². The van der Waals surface area contributed by atoms with Crippen molar-refractivity contribution < 1.29 is 14.3 Å².